The van der Waals surface area contributed by atoms with Gasteiger partial charge in [-0.15, -0.1) is 0 Å². The molecule has 0 amide bonds. The second kappa shape index (κ2) is 5.57. The maximum absolute atomic E-state index is 13.5. The summed E-state index contributed by atoms with van der Waals surface area (Å²) in [5.41, 5.74) is 0.0999. The molecule has 8 heteroatoms. The average molecular weight is 316 g/mol. The van der Waals surface area contributed by atoms with Crippen LogP contribution >= 0.6 is 0 Å². The zero-order valence-electron chi connectivity index (χ0n) is 10.2. The molecule has 0 radical (unpaired) electrons. The van der Waals surface area contributed by atoms with E-state index in [1.807, 2.05) is 0 Å². The highest BCUT2D eigenvalue weighted by molar-refractivity contribution is 7.87. The third-order valence-electron chi connectivity index (χ3n) is 2.45. The molecule has 0 saturated carbocycles. The van der Waals surface area contributed by atoms with Crippen molar-refractivity contribution in [2.24, 2.45) is 0 Å². The molecule has 4 nitrogen and oxygen atoms in total. The summed E-state index contributed by atoms with van der Waals surface area (Å²) in [7, 11) is -4.93. The third-order valence-corrected chi connectivity index (χ3v) is 3.74. The maximum Gasteiger partial charge on any atom is 0.345 e. The van der Waals surface area contributed by atoms with Crippen molar-refractivity contribution in [1.29, 1.82) is 0 Å². The average Bonchev–Trinajstić information content (AvgIpc) is 2.42. The van der Waals surface area contributed by atoms with Crippen LogP contribution in [0.2, 0.25) is 0 Å². The van der Waals surface area contributed by atoms with Crippen LogP contribution in [0.3, 0.4) is 0 Å². The van der Waals surface area contributed by atoms with Crippen LogP contribution in [-0.4, -0.2) is 14.7 Å². The van der Waals surface area contributed by atoms with E-state index in [1.54, 1.807) is 0 Å². The largest absolute Gasteiger partial charge is 0.379 e. The molecule has 21 heavy (non-hydrogen) atoms. The number of rotatable bonds is 4. The van der Waals surface area contributed by atoms with Crippen molar-refractivity contribution in [3.05, 3.63) is 59.4 Å². The van der Waals surface area contributed by atoms with Crippen LogP contribution in [0.1, 0.15) is 10.4 Å². The van der Waals surface area contributed by atoms with Crippen molar-refractivity contribution in [2.75, 3.05) is 0 Å². The van der Waals surface area contributed by atoms with Crippen LogP contribution < -0.4 is 4.18 Å². The zero-order chi connectivity index (χ0) is 15.6. The normalized spacial score (nSPS) is 11.2. The second-order valence-electron chi connectivity index (χ2n) is 3.90. The Kier molecular flexibility index (Phi) is 3.99. The molecule has 110 valence electrons. The van der Waals surface area contributed by atoms with Gasteiger partial charge in [0.25, 0.3) is 0 Å². The van der Waals surface area contributed by atoms with Gasteiger partial charge in [-0.05, 0) is 24.3 Å². The van der Waals surface area contributed by atoms with Gasteiger partial charge in [0.05, 0.1) is 0 Å². The second-order valence-corrected chi connectivity index (χ2v) is 5.38. The molecule has 0 fully saturated rings. The Morgan fingerprint density at radius 1 is 1.00 bits per heavy atom. The van der Waals surface area contributed by atoms with Crippen molar-refractivity contribution in [1.82, 2.24) is 0 Å². The van der Waals surface area contributed by atoms with E-state index in [4.69, 9.17) is 0 Å². The summed E-state index contributed by atoms with van der Waals surface area (Å²) >= 11 is 0. The number of benzene rings is 2. The lowest BCUT2D eigenvalue weighted by Crippen LogP contribution is -2.15. The highest BCUT2D eigenvalue weighted by Gasteiger charge is 2.28. The molecular formula is C13H7F3O4S. The van der Waals surface area contributed by atoms with E-state index in [-0.39, 0.29) is 11.3 Å². The monoisotopic (exact) mass is 316 g/mol. The molecule has 0 aliphatic rings. The van der Waals surface area contributed by atoms with Gasteiger partial charge in [0, 0.05) is 5.56 Å². The smallest absolute Gasteiger partial charge is 0.345 e. The number of carbonyl (C=O) groups is 1. The van der Waals surface area contributed by atoms with Crippen LogP contribution in [0.4, 0.5) is 13.2 Å². The summed E-state index contributed by atoms with van der Waals surface area (Å²) in [5.74, 6) is -5.22. The highest BCUT2D eigenvalue weighted by Crippen LogP contribution is 2.25. The lowest BCUT2D eigenvalue weighted by atomic mass is 10.2. The molecule has 0 aliphatic carbocycles. The van der Waals surface area contributed by atoms with Gasteiger partial charge in [0.15, 0.2) is 16.5 Å². The summed E-state index contributed by atoms with van der Waals surface area (Å²) in [6.45, 7) is 0. The van der Waals surface area contributed by atoms with E-state index >= 15 is 0 Å². The van der Waals surface area contributed by atoms with Crippen molar-refractivity contribution >= 4 is 16.4 Å². The van der Waals surface area contributed by atoms with Gasteiger partial charge in [-0.2, -0.15) is 8.42 Å². The fourth-order valence-corrected chi connectivity index (χ4v) is 2.61. The van der Waals surface area contributed by atoms with Crippen molar-refractivity contribution in [3.63, 3.8) is 0 Å². The van der Waals surface area contributed by atoms with Crippen LogP contribution in [0.25, 0.3) is 0 Å². The zero-order valence-corrected chi connectivity index (χ0v) is 11.0. The van der Waals surface area contributed by atoms with E-state index in [1.165, 1.54) is 18.2 Å². The van der Waals surface area contributed by atoms with Gasteiger partial charge in [-0.25, -0.2) is 13.2 Å². The summed E-state index contributed by atoms with van der Waals surface area (Å²) in [4.78, 5) is 9.04. The lowest BCUT2D eigenvalue weighted by Gasteiger charge is -2.09. The van der Waals surface area contributed by atoms with E-state index in [2.05, 4.69) is 4.18 Å². The summed E-state index contributed by atoms with van der Waals surface area (Å²) in [6.07, 6.45) is 0.433. The van der Waals surface area contributed by atoms with Gasteiger partial charge in [0.2, 0.25) is 0 Å². The molecule has 2 aromatic rings. The molecule has 0 aliphatic heterocycles. The lowest BCUT2D eigenvalue weighted by molar-refractivity contribution is 0.112. The Balaban J connectivity index is 2.48. The first kappa shape index (κ1) is 15.0. The van der Waals surface area contributed by atoms with Crippen LogP contribution in [0, 0.1) is 17.5 Å². The minimum atomic E-state index is -4.93. The van der Waals surface area contributed by atoms with Gasteiger partial charge in [0.1, 0.15) is 17.9 Å². The molecule has 0 bridgehead atoms. The molecule has 0 spiro atoms. The summed E-state index contributed by atoms with van der Waals surface area (Å²) in [5, 5.41) is 0. The Morgan fingerprint density at radius 3 is 2.33 bits per heavy atom. The maximum atomic E-state index is 13.5. The molecule has 0 aromatic heterocycles. The number of hydrogen-bond acceptors (Lipinski definition) is 4. The van der Waals surface area contributed by atoms with E-state index in [9.17, 15) is 26.4 Å². The molecular weight excluding hydrogens is 309 g/mol. The third kappa shape index (κ3) is 3.05. The summed E-state index contributed by atoms with van der Waals surface area (Å²) < 4.78 is 68.2. The first-order valence-electron chi connectivity index (χ1n) is 5.48. The fraction of sp³-hybridized carbons (Fsp3) is 0. The number of carbonyl (C=O) groups excluding carboxylic acids is 1. The van der Waals surface area contributed by atoms with Gasteiger partial charge < -0.3 is 4.18 Å². The van der Waals surface area contributed by atoms with Crippen LogP contribution in [0.15, 0.2) is 41.3 Å². The number of aldehydes is 1. The molecule has 0 atom stereocenters. The van der Waals surface area contributed by atoms with Crippen LogP contribution in [-0.2, 0) is 10.1 Å². The van der Waals surface area contributed by atoms with E-state index in [0.29, 0.717) is 18.4 Å². The standard InChI is InChI=1S/C13H7F3O4S/c14-10-4-5-11(15)13(12(10)16)21(18,19)20-9-3-1-2-8(6-9)7-17/h1-7H. The Hall–Kier alpha value is -2.35. The minimum absolute atomic E-state index is 0.0999. The highest BCUT2D eigenvalue weighted by atomic mass is 32.2. The topological polar surface area (TPSA) is 60.4 Å². The van der Waals surface area contributed by atoms with Crippen molar-refractivity contribution in [2.45, 2.75) is 4.90 Å². The predicted molar refractivity (Wildman–Crippen MR) is 66.0 cm³/mol. The molecule has 0 N–H and O–H groups in total. The first-order chi connectivity index (χ1) is 9.85. The van der Waals surface area contributed by atoms with Gasteiger partial charge in [-0.1, -0.05) is 12.1 Å². The molecule has 0 heterocycles. The predicted octanol–water partition coefficient (Wildman–Crippen LogP) is 2.68. The quantitative estimate of drug-likeness (QED) is 0.494. The molecule has 0 saturated heterocycles. The van der Waals surface area contributed by atoms with Crippen molar-refractivity contribution in [3.8, 4) is 5.75 Å². The number of hydrogen-bond donors (Lipinski definition) is 0. The van der Waals surface area contributed by atoms with E-state index < -0.39 is 32.5 Å². The van der Waals surface area contributed by atoms with Crippen molar-refractivity contribution < 1.29 is 30.6 Å². The Morgan fingerprint density at radius 2 is 1.67 bits per heavy atom. The summed E-state index contributed by atoms with van der Waals surface area (Å²) in [6, 6.07) is 5.83. The van der Waals surface area contributed by atoms with Gasteiger partial charge in [-0.3, -0.25) is 4.79 Å². The first-order valence-corrected chi connectivity index (χ1v) is 6.89. The fourth-order valence-electron chi connectivity index (χ4n) is 1.55. The van der Waals surface area contributed by atoms with Crippen LogP contribution in [0.5, 0.6) is 5.75 Å². The Bertz CT molecular complexity index is 803. The molecule has 2 rings (SSSR count). The number of halogens is 3. The Labute approximate surface area is 117 Å². The van der Waals surface area contributed by atoms with E-state index in [0.717, 1.165) is 6.07 Å². The van der Waals surface area contributed by atoms with Gasteiger partial charge >= 0.3 is 10.1 Å². The molecule has 2 aromatic carbocycles. The SMILES string of the molecule is O=Cc1cccc(OS(=O)(=O)c2c(F)ccc(F)c2F)c1. The minimum Gasteiger partial charge on any atom is -0.379 e. The molecule has 0 unspecified atom stereocenters.